The largest absolute Gasteiger partial charge is 0.465 e. The summed E-state index contributed by atoms with van der Waals surface area (Å²) in [5.74, 6) is -1.45. The molecule has 7 heteroatoms. The summed E-state index contributed by atoms with van der Waals surface area (Å²) in [6.45, 7) is 1.96. The van der Waals surface area contributed by atoms with Gasteiger partial charge in [-0.15, -0.1) is 0 Å². The highest BCUT2D eigenvalue weighted by atomic mass is 16.5. The highest BCUT2D eigenvalue weighted by molar-refractivity contribution is 6.23. The number of amides is 3. The molecule has 0 bridgehead atoms. The van der Waals surface area contributed by atoms with Gasteiger partial charge in [-0.1, -0.05) is 43.4 Å². The van der Waals surface area contributed by atoms with Gasteiger partial charge in [-0.05, 0) is 56.2 Å². The van der Waals surface area contributed by atoms with Crippen LogP contribution in [0.5, 0.6) is 0 Å². The molecule has 4 rings (SSSR count). The smallest absolute Gasteiger partial charge is 0.337 e. The van der Waals surface area contributed by atoms with E-state index < -0.39 is 17.9 Å². The number of aryl methyl sites for hydroxylation is 1. The number of imide groups is 1. The van der Waals surface area contributed by atoms with Crippen molar-refractivity contribution in [1.29, 1.82) is 0 Å². The minimum absolute atomic E-state index is 0.0499. The molecule has 0 N–H and O–H groups in total. The Kier molecular flexibility index (Phi) is 7.10. The third-order valence-electron chi connectivity index (χ3n) is 6.76. The molecule has 0 radical (unpaired) electrons. The number of benzene rings is 2. The Morgan fingerprint density at radius 2 is 1.47 bits per heavy atom. The van der Waals surface area contributed by atoms with Crippen molar-refractivity contribution < 1.29 is 23.9 Å². The zero-order valence-corrected chi connectivity index (χ0v) is 19.7. The molecule has 1 unspecified atom stereocenters. The van der Waals surface area contributed by atoms with Crippen molar-refractivity contribution in [2.75, 3.05) is 12.0 Å². The van der Waals surface area contributed by atoms with E-state index in [1.807, 2.05) is 19.1 Å². The van der Waals surface area contributed by atoms with Crippen LogP contribution in [-0.2, 0) is 14.3 Å². The lowest BCUT2D eigenvalue weighted by atomic mass is 10.0. The molecule has 1 aliphatic heterocycles. The van der Waals surface area contributed by atoms with Gasteiger partial charge in [0.05, 0.1) is 24.8 Å². The van der Waals surface area contributed by atoms with E-state index in [9.17, 15) is 19.2 Å². The number of methoxy groups -OCH3 is 1. The highest BCUT2D eigenvalue weighted by Crippen LogP contribution is 2.32. The van der Waals surface area contributed by atoms with Crippen LogP contribution in [0.3, 0.4) is 0 Å². The fraction of sp³-hybridized carbons (Fsp3) is 0.407. The Hall–Kier alpha value is -3.48. The van der Waals surface area contributed by atoms with Crippen LogP contribution >= 0.6 is 0 Å². The van der Waals surface area contributed by atoms with Gasteiger partial charge in [0, 0.05) is 11.6 Å². The van der Waals surface area contributed by atoms with E-state index in [2.05, 4.69) is 0 Å². The minimum atomic E-state index is -0.843. The molecule has 3 amide bonds. The molecule has 1 saturated carbocycles. The Morgan fingerprint density at radius 3 is 2.06 bits per heavy atom. The van der Waals surface area contributed by atoms with Crippen LogP contribution in [0, 0.1) is 6.92 Å². The van der Waals surface area contributed by atoms with E-state index in [0.29, 0.717) is 16.8 Å². The standard InChI is InChI=1S/C27H30N2O5/c1-18-9-11-19(12-10-18)25(31)28(21-7-5-3-4-6-8-21)23-17-24(30)29(26(23)32)22-15-13-20(14-16-22)27(33)34-2/h9-16,21,23H,3-8,17H2,1-2H3. The second kappa shape index (κ2) is 10.2. The van der Waals surface area contributed by atoms with Gasteiger partial charge in [-0.2, -0.15) is 0 Å². The predicted octanol–water partition coefficient (Wildman–Crippen LogP) is 4.28. The highest BCUT2D eigenvalue weighted by Gasteiger charge is 2.46. The molecule has 34 heavy (non-hydrogen) atoms. The number of carbonyl (C=O) groups is 4. The molecule has 1 heterocycles. The summed E-state index contributed by atoms with van der Waals surface area (Å²) in [6.07, 6.45) is 5.81. The van der Waals surface area contributed by atoms with Crippen LogP contribution in [0.25, 0.3) is 0 Å². The molecule has 2 aromatic rings. The number of rotatable bonds is 5. The third-order valence-corrected chi connectivity index (χ3v) is 6.76. The molecule has 1 atom stereocenters. The average molecular weight is 463 g/mol. The van der Waals surface area contributed by atoms with Gasteiger partial charge in [0.25, 0.3) is 11.8 Å². The van der Waals surface area contributed by atoms with E-state index in [1.165, 1.54) is 19.2 Å². The second-order valence-corrected chi connectivity index (χ2v) is 9.05. The fourth-order valence-corrected chi connectivity index (χ4v) is 4.91. The Bertz CT molecular complexity index is 1070. The SMILES string of the molecule is COC(=O)c1ccc(N2C(=O)CC(N(C(=O)c3ccc(C)cc3)C3CCCCCC3)C2=O)cc1. The van der Waals surface area contributed by atoms with Crippen LogP contribution in [-0.4, -0.2) is 47.8 Å². The lowest BCUT2D eigenvalue weighted by Gasteiger charge is -2.35. The number of carbonyl (C=O) groups excluding carboxylic acids is 4. The predicted molar refractivity (Wildman–Crippen MR) is 128 cm³/mol. The summed E-state index contributed by atoms with van der Waals surface area (Å²) < 4.78 is 4.71. The topological polar surface area (TPSA) is 84.0 Å². The minimum Gasteiger partial charge on any atom is -0.465 e. The summed E-state index contributed by atoms with van der Waals surface area (Å²) in [6, 6.07) is 12.6. The molecule has 0 spiro atoms. The Morgan fingerprint density at radius 1 is 0.882 bits per heavy atom. The molecule has 1 aliphatic carbocycles. The first-order chi connectivity index (χ1) is 16.4. The molecule has 7 nitrogen and oxygen atoms in total. The van der Waals surface area contributed by atoms with Gasteiger partial charge in [0.2, 0.25) is 5.91 Å². The fourth-order valence-electron chi connectivity index (χ4n) is 4.91. The summed E-state index contributed by atoms with van der Waals surface area (Å²) in [5, 5.41) is 0. The quantitative estimate of drug-likeness (QED) is 0.376. The van der Waals surface area contributed by atoms with Crippen LogP contribution < -0.4 is 4.90 Å². The number of hydrogen-bond donors (Lipinski definition) is 0. The van der Waals surface area contributed by atoms with Crippen molar-refractivity contribution in [1.82, 2.24) is 4.90 Å². The average Bonchev–Trinajstić information content (AvgIpc) is 3.00. The Labute approximate surface area is 199 Å². The number of esters is 1. The molecule has 0 aromatic heterocycles. The first-order valence-electron chi connectivity index (χ1n) is 11.8. The van der Waals surface area contributed by atoms with Crippen LogP contribution in [0.4, 0.5) is 5.69 Å². The number of nitrogens with zero attached hydrogens (tertiary/aromatic N) is 2. The zero-order valence-electron chi connectivity index (χ0n) is 19.7. The zero-order chi connectivity index (χ0) is 24.2. The van der Waals surface area contributed by atoms with E-state index in [0.717, 1.165) is 49.0 Å². The van der Waals surface area contributed by atoms with Crippen molar-refractivity contribution in [3.63, 3.8) is 0 Å². The number of ether oxygens (including phenoxy) is 1. The summed E-state index contributed by atoms with van der Waals surface area (Å²) in [5.41, 5.74) is 2.28. The normalized spacial score (nSPS) is 19.1. The van der Waals surface area contributed by atoms with Crippen molar-refractivity contribution in [2.45, 2.75) is 64.0 Å². The van der Waals surface area contributed by atoms with E-state index in [1.54, 1.807) is 29.2 Å². The maximum Gasteiger partial charge on any atom is 0.337 e. The maximum absolute atomic E-state index is 13.7. The van der Waals surface area contributed by atoms with Crippen molar-refractivity contribution in [2.24, 2.45) is 0 Å². The lowest BCUT2D eigenvalue weighted by molar-refractivity contribution is -0.123. The molecule has 1 saturated heterocycles. The van der Waals surface area contributed by atoms with Crippen LogP contribution in [0.15, 0.2) is 48.5 Å². The van der Waals surface area contributed by atoms with Gasteiger partial charge >= 0.3 is 5.97 Å². The van der Waals surface area contributed by atoms with Gasteiger partial charge in [0.15, 0.2) is 0 Å². The van der Waals surface area contributed by atoms with Gasteiger partial charge < -0.3 is 9.64 Å². The second-order valence-electron chi connectivity index (χ2n) is 9.05. The van der Waals surface area contributed by atoms with Crippen molar-refractivity contribution in [3.05, 3.63) is 65.2 Å². The van der Waals surface area contributed by atoms with E-state index in [4.69, 9.17) is 4.74 Å². The number of anilines is 1. The molecule has 178 valence electrons. The molecular weight excluding hydrogens is 432 g/mol. The van der Waals surface area contributed by atoms with Crippen LogP contribution in [0.2, 0.25) is 0 Å². The van der Waals surface area contributed by atoms with Crippen LogP contribution in [0.1, 0.15) is 71.2 Å². The van der Waals surface area contributed by atoms with Gasteiger partial charge in [-0.3, -0.25) is 14.4 Å². The lowest BCUT2D eigenvalue weighted by Crippen LogP contribution is -2.50. The molecule has 2 aromatic carbocycles. The van der Waals surface area contributed by atoms with Gasteiger partial charge in [-0.25, -0.2) is 9.69 Å². The first kappa shape index (κ1) is 23.7. The first-order valence-corrected chi connectivity index (χ1v) is 11.8. The van der Waals surface area contributed by atoms with E-state index in [-0.39, 0.29) is 24.3 Å². The summed E-state index contributed by atoms with van der Waals surface area (Å²) in [7, 11) is 1.29. The van der Waals surface area contributed by atoms with Crippen molar-refractivity contribution in [3.8, 4) is 0 Å². The van der Waals surface area contributed by atoms with E-state index >= 15 is 0 Å². The maximum atomic E-state index is 13.7. The Balaban J connectivity index is 1.65. The molecule has 2 fully saturated rings. The third kappa shape index (κ3) is 4.74. The number of hydrogen-bond acceptors (Lipinski definition) is 5. The van der Waals surface area contributed by atoms with Gasteiger partial charge in [0.1, 0.15) is 6.04 Å². The summed E-state index contributed by atoms with van der Waals surface area (Å²) in [4.78, 5) is 54.8. The summed E-state index contributed by atoms with van der Waals surface area (Å²) >= 11 is 0. The van der Waals surface area contributed by atoms with Crippen molar-refractivity contribution >= 4 is 29.4 Å². The molecular formula is C27H30N2O5. The monoisotopic (exact) mass is 462 g/mol. The molecule has 2 aliphatic rings.